The summed E-state index contributed by atoms with van der Waals surface area (Å²) in [5, 5.41) is 8.90. The van der Waals surface area contributed by atoms with Gasteiger partial charge in [0.05, 0.1) is 6.42 Å². The molecule has 0 radical (unpaired) electrons. The fourth-order valence-corrected chi connectivity index (χ4v) is 2.65. The third kappa shape index (κ3) is 2.78. The molecule has 2 rings (SSSR count). The van der Waals surface area contributed by atoms with Gasteiger partial charge in [-0.2, -0.15) is 0 Å². The fourth-order valence-electron chi connectivity index (χ4n) is 2.65. The van der Waals surface area contributed by atoms with Crippen LogP contribution in [0.15, 0.2) is 18.2 Å². The normalized spacial score (nSPS) is 18.6. The molecule has 0 spiro atoms. The van der Waals surface area contributed by atoms with Gasteiger partial charge in [-0.15, -0.1) is 0 Å². The van der Waals surface area contributed by atoms with Crippen LogP contribution in [-0.2, 0) is 4.79 Å². The van der Waals surface area contributed by atoms with Gasteiger partial charge in [-0.05, 0) is 43.9 Å². The number of carbonyl (C=O) groups is 2. The SMILES string of the molecule is Cc1cccc(C(=O)N2CCCC2CC(=O)O)c1C. The third-order valence-corrected chi connectivity index (χ3v) is 3.88. The summed E-state index contributed by atoms with van der Waals surface area (Å²) in [5.41, 5.74) is 2.76. The standard InChI is InChI=1S/C15H19NO3/c1-10-5-3-7-13(11(10)2)15(19)16-8-4-6-12(16)9-14(17)18/h3,5,7,12H,4,6,8-9H2,1-2H3,(H,17,18). The Morgan fingerprint density at radius 1 is 1.37 bits per heavy atom. The first kappa shape index (κ1) is 13.6. The maximum absolute atomic E-state index is 12.5. The van der Waals surface area contributed by atoms with Crippen LogP contribution in [0.4, 0.5) is 0 Å². The van der Waals surface area contributed by atoms with Crippen LogP contribution >= 0.6 is 0 Å². The van der Waals surface area contributed by atoms with Crippen molar-refractivity contribution in [2.75, 3.05) is 6.54 Å². The molecule has 1 unspecified atom stereocenters. The number of aryl methyl sites for hydroxylation is 1. The number of carboxylic acids is 1. The summed E-state index contributed by atoms with van der Waals surface area (Å²) in [6.45, 7) is 4.57. The van der Waals surface area contributed by atoms with E-state index in [1.54, 1.807) is 4.90 Å². The van der Waals surface area contributed by atoms with Gasteiger partial charge in [0.1, 0.15) is 0 Å². The molecule has 1 aromatic carbocycles. The second-order valence-corrected chi connectivity index (χ2v) is 5.14. The first-order valence-electron chi connectivity index (χ1n) is 6.59. The molecule has 1 amide bonds. The molecule has 0 bridgehead atoms. The van der Waals surface area contributed by atoms with Crippen LogP contribution in [0.3, 0.4) is 0 Å². The minimum atomic E-state index is -0.842. The second kappa shape index (κ2) is 5.43. The van der Waals surface area contributed by atoms with Crippen LogP contribution in [-0.4, -0.2) is 34.5 Å². The van der Waals surface area contributed by atoms with Crippen molar-refractivity contribution in [1.82, 2.24) is 4.90 Å². The predicted molar refractivity (Wildman–Crippen MR) is 72.2 cm³/mol. The highest BCUT2D eigenvalue weighted by Crippen LogP contribution is 2.24. The lowest BCUT2D eigenvalue weighted by atomic mass is 10.0. The topological polar surface area (TPSA) is 57.6 Å². The molecular formula is C15H19NO3. The molecule has 0 aromatic heterocycles. The van der Waals surface area contributed by atoms with E-state index in [-0.39, 0.29) is 18.4 Å². The lowest BCUT2D eigenvalue weighted by molar-refractivity contribution is -0.137. The van der Waals surface area contributed by atoms with Crippen molar-refractivity contribution >= 4 is 11.9 Å². The predicted octanol–water partition coefficient (Wildman–Crippen LogP) is 2.38. The van der Waals surface area contributed by atoms with E-state index in [1.165, 1.54) is 0 Å². The van der Waals surface area contributed by atoms with Gasteiger partial charge in [-0.25, -0.2) is 0 Å². The highest BCUT2D eigenvalue weighted by Gasteiger charge is 2.31. The number of rotatable bonds is 3. The van der Waals surface area contributed by atoms with Gasteiger partial charge >= 0.3 is 5.97 Å². The van der Waals surface area contributed by atoms with Gasteiger partial charge in [0, 0.05) is 18.2 Å². The Kier molecular flexibility index (Phi) is 3.88. The van der Waals surface area contributed by atoms with E-state index in [2.05, 4.69) is 0 Å². The van der Waals surface area contributed by atoms with Gasteiger partial charge in [0.15, 0.2) is 0 Å². The summed E-state index contributed by atoms with van der Waals surface area (Å²) in [7, 11) is 0. The van der Waals surface area contributed by atoms with Crippen molar-refractivity contribution in [2.45, 2.75) is 39.2 Å². The van der Waals surface area contributed by atoms with Crippen molar-refractivity contribution in [2.24, 2.45) is 0 Å². The number of hydrogen-bond donors (Lipinski definition) is 1. The van der Waals surface area contributed by atoms with E-state index in [0.717, 1.165) is 24.0 Å². The molecule has 1 N–H and O–H groups in total. The van der Waals surface area contributed by atoms with Crippen LogP contribution < -0.4 is 0 Å². The van der Waals surface area contributed by atoms with E-state index in [4.69, 9.17) is 5.11 Å². The molecule has 4 heteroatoms. The molecule has 1 saturated heterocycles. The third-order valence-electron chi connectivity index (χ3n) is 3.88. The lowest BCUT2D eigenvalue weighted by Gasteiger charge is -2.24. The maximum atomic E-state index is 12.5. The number of carbonyl (C=O) groups excluding carboxylic acids is 1. The number of hydrogen-bond acceptors (Lipinski definition) is 2. The molecule has 0 aliphatic carbocycles. The van der Waals surface area contributed by atoms with Crippen molar-refractivity contribution in [1.29, 1.82) is 0 Å². The molecule has 4 nitrogen and oxygen atoms in total. The minimum absolute atomic E-state index is 0.0371. The maximum Gasteiger partial charge on any atom is 0.305 e. The van der Waals surface area contributed by atoms with Crippen molar-refractivity contribution < 1.29 is 14.7 Å². The quantitative estimate of drug-likeness (QED) is 0.908. The van der Waals surface area contributed by atoms with Crippen LogP contribution in [0.5, 0.6) is 0 Å². The number of likely N-dealkylation sites (tertiary alicyclic amines) is 1. The van der Waals surface area contributed by atoms with Gasteiger partial charge in [-0.3, -0.25) is 9.59 Å². The van der Waals surface area contributed by atoms with Gasteiger partial charge < -0.3 is 10.0 Å². The summed E-state index contributed by atoms with van der Waals surface area (Å²) in [5.74, 6) is -0.879. The summed E-state index contributed by atoms with van der Waals surface area (Å²) in [6, 6.07) is 5.51. The molecular weight excluding hydrogens is 242 g/mol. The van der Waals surface area contributed by atoms with Crippen molar-refractivity contribution in [3.05, 3.63) is 34.9 Å². The zero-order valence-corrected chi connectivity index (χ0v) is 11.3. The summed E-state index contributed by atoms with van der Waals surface area (Å²) >= 11 is 0. The second-order valence-electron chi connectivity index (χ2n) is 5.14. The average molecular weight is 261 g/mol. The lowest BCUT2D eigenvalue weighted by Crippen LogP contribution is -2.37. The van der Waals surface area contributed by atoms with Crippen molar-refractivity contribution in [3.63, 3.8) is 0 Å². The van der Waals surface area contributed by atoms with Crippen molar-refractivity contribution in [3.8, 4) is 0 Å². The van der Waals surface area contributed by atoms with Crippen LogP contribution in [0.25, 0.3) is 0 Å². The van der Waals surface area contributed by atoms with Gasteiger partial charge in [0.2, 0.25) is 0 Å². The largest absolute Gasteiger partial charge is 0.481 e. The monoisotopic (exact) mass is 261 g/mol. The molecule has 1 aliphatic heterocycles. The molecule has 1 fully saturated rings. The van der Waals surface area contributed by atoms with E-state index in [9.17, 15) is 9.59 Å². The van der Waals surface area contributed by atoms with Crippen LogP contribution in [0.1, 0.15) is 40.7 Å². The van der Waals surface area contributed by atoms with Crippen LogP contribution in [0.2, 0.25) is 0 Å². The van der Waals surface area contributed by atoms with Gasteiger partial charge in [-0.1, -0.05) is 12.1 Å². The Morgan fingerprint density at radius 3 is 2.79 bits per heavy atom. The molecule has 0 saturated carbocycles. The first-order valence-corrected chi connectivity index (χ1v) is 6.59. The summed E-state index contributed by atoms with van der Waals surface area (Å²) < 4.78 is 0. The zero-order chi connectivity index (χ0) is 14.0. The molecule has 19 heavy (non-hydrogen) atoms. The Labute approximate surface area is 113 Å². The molecule has 1 aliphatic rings. The highest BCUT2D eigenvalue weighted by molar-refractivity contribution is 5.96. The number of nitrogens with zero attached hydrogens (tertiary/aromatic N) is 1. The average Bonchev–Trinajstić information content (AvgIpc) is 2.79. The number of benzene rings is 1. The zero-order valence-electron chi connectivity index (χ0n) is 11.3. The number of amides is 1. The van der Waals surface area contributed by atoms with Gasteiger partial charge in [0.25, 0.3) is 5.91 Å². The first-order chi connectivity index (χ1) is 9.00. The minimum Gasteiger partial charge on any atom is -0.481 e. The Morgan fingerprint density at radius 2 is 2.11 bits per heavy atom. The van der Waals surface area contributed by atoms with E-state index in [1.807, 2.05) is 32.0 Å². The Bertz CT molecular complexity index is 510. The molecule has 1 heterocycles. The highest BCUT2D eigenvalue weighted by atomic mass is 16.4. The molecule has 102 valence electrons. The Balaban J connectivity index is 2.23. The fraction of sp³-hybridized carbons (Fsp3) is 0.467. The number of aliphatic carboxylic acids is 1. The smallest absolute Gasteiger partial charge is 0.305 e. The van der Waals surface area contributed by atoms with E-state index < -0.39 is 5.97 Å². The molecule has 1 aromatic rings. The van der Waals surface area contributed by atoms with E-state index in [0.29, 0.717) is 12.1 Å². The number of carboxylic acid groups (broad SMARTS) is 1. The van der Waals surface area contributed by atoms with Crippen LogP contribution in [0, 0.1) is 13.8 Å². The summed E-state index contributed by atoms with van der Waals surface area (Å²) in [4.78, 5) is 25.1. The Hall–Kier alpha value is -1.84. The molecule has 1 atom stereocenters. The van der Waals surface area contributed by atoms with E-state index >= 15 is 0 Å². The summed E-state index contributed by atoms with van der Waals surface area (Å²) in [6.07, 6.45) is 1.70.